The molecule has 0 aliphatic heterocycles. The van der Waals surface area contributed by atoms with Crippen molar-refractivity contribution in [3.8, 4) is 0 Å². The first-order valence-electron chi connectivity index (χ1n) is 8.44. The molecule has 6 nitrogen and oxygen atoms in total. The Morgan fingerprint density at radius 1 is 1.33 bits per heavy atom. The van der Waals surface area contributed by atoms with Crippen LogP contribution in [0, 0.1) is 5.92 Å². The Kier molecular flexibility index (Phi) is 5.87. The van der Waals surface area contributed by atoms with Crippen LogP contribution in [0.1, 0.15) is 46.0 Å². The first-order valence-corrected chi connectivity index (χ1v) is 10.1. The van der Waals surface area contributed by atoms with Crippen molar-refractivity contribution in [1.29, 1.82) is 0 Å². The van der Waals surface area contributed by atoms with E-state index in [0.717, 1.165) is 25.7 Å². The topological polar surface area (TPSA) is 101 Å². The molecule has 24 heavy (non-hydrogen) atoms. The third-order valence-electron chi connectivity index (χ3n) is 4.45. The largest absolute Gasteiger partial charge is 0.326 e. The third kappa shape index (κ3) is 4.95. The number of anilines is 2. The van der Waals surface area contributed by atoms with E-state index >= 15 is 0 Å². The van der Waals surface area contributed by atoms with E-state index in [2.05, 4.69) is 10.0 Å². The van der Waals surface area contributed by atoms with Crippen LogP contribution in [0.4, 0.5) is 11.4 Å². The minimum atomic E-state index is -3.35. The predicted octanol–water partition coefficient (Wildman–Crippen LogP) is 2.68. The van der Waals surface area contributed by atoms with E-state index in [4.69, 9.17) is 5.73 Å². The Bertz CT molecular complexity index is 686. The highest BCUT2D eigenvalue weighted by molar-refractivity contribution is 7.92. The summed E-state index contributed by atoms with van der Waals surface area (Å²) in [6.07, 6.45) is 4.21. The maximum Gasteiger partial charge on any atom is 0.232 e. The molecule has 0 radical (unpaired) electrons. The second-order valence-corrected chi connectivity index (χ2v) is 8.64. The molecule has 4 N–H and O–H groups in total. The number of nitrogens with one attached hydrogen (secondary N) is 2. The van der Waals surface area contributed by atoms with Gasteiger partial charge in [0, 0.05) is 11.2 Å². The Balaban J connectivity index is 2.08. The standard InChI is InChI=1S/C17H27N3O3S/c1-3-11-24(22,23)20-14-8-6-7-13(12-14)19-16(21)15-9-4-5-10-17(15,2)18/h6-8,12,15,20H,3-5,9-11,18H2,1-2H3,(H,19,21). The van der Waals surface area contributed by atoms with Crippen molar-refractivity contribution in [2.24, 2.45) is 11.7 Å². The molecule has 0 bridgehead atoms. The lowest BCUT2D eigenvalue weighted by Gasteiger charge is -2.37. The number of amides is 1. The SMILES string of the molecule is CCCS(=O)(=O)Nc1cccc(NC(=O)C2CCCCC2(C)N)c1. The van der Waals surface area contributed by atoms with Crippen molar-refractivity contribution < 1.29 is 13.2 Å². The van der Waals surface area contributed by atoms with Crippen LogP contribution in [0.2, 0.25) is 0 Å². The molecule has 1 saturated carbocycles. The van der Waals surface area contributed by atoms with E-state index in [1.165, 1.54) is 0 Å². The van der Waals surface area contributed by atoms with E-state index in [9.17, 15) is 13.2 Å². The van der Waals surface area contributed by atoms with Gasteiger partial charge in [0.15, 0.2) is 0 Å². The van der Waals surface area contributed by atoms with Crippen molar-refractivity contribution in [3.05, 3.63) is 24.3 Å². The molecule has 0 saturated heterocycles. The van der Waals surface area contributed by atoms with Gasteiger partial charge < -0.3 is 11.1 Å². The van der Waals surface area contributed by atoms with Gasteiger partial charge >= 0.3 is 0 Å². The highest BCUT2D eigenvalue weighted by Crippen LogP contribution is 2.32. The average Bonchev–Trinajstić information content (AvgIpc) is 2.46. The van der Waals surface area contributed by atoms with Gasteiger partial charge in [-0.15, -0.1) is 0 Å². The summed E-state index contributed by atoms with van der Waals surface area (Å²) in [5, 5.41) is 2.87. The molecule has 1 aromatic carbocycles. The number of carbonyl (C=O) groups excluding carboxylic acids is 1. The molecular weight excluding hydrogens is 326 g/mol. The first-order chi connectivity index (χ1) is 11.2. The zero-order valence-electron chi connectivity index (χ0n) is 14.3. The van der Waals surface area contributed by atoms with Gasteiger partial charge in [0.1, 0.15) is 0 Å². The molecule has 0 aromatic heterocycles. The molecule has 2 unspecified atom stereocenters. The number of hydrogen-bond acceptors (Lipinski definition) is 4. The number of hydrogen-bond donors (Lipinski definition) is 3. The summed E-state index contributed by atoms with van der Waals surface area (Å²) < 4.78 is 26.2. The second-order valence-electron chi connectivity index (χ2n) is 6.80. The Hall–Kier alpha value is -1.60. The van der Waals surface area contributed by atoms with Gasteiger partial charge in [-0.1, -0.05) is 25.8 Å². The van der Waals surface area contributed by atoms with E-state index in [1.807, 2.05) is 13.8 Å². The lowest BCUT2D eigenvalue weighted by Crippen LogP contribution is -2.51. The fourth-order valence-corrected chi connectivity index (χ4v) is 4.30. The quantitative estimate of drug-likeness (QED) is 0.732. The molecule has 1 amide bonds. The molecule has 1 fully saturated rings. The molecule has 0 spiro atoms. The summed E-state index contributed by atoms with van der Waals surface area (Å²) in [6, 6.07) is 6.74. The minimum absolute atomic E-state index is 0.0667. The average molecular weight is 353 g/mol. The summed E-state index contributed by atoms with van der Waals surface area (Å²) in [5.41, 5.74) is 6.79. The molecule has 1 aliphatic rings. The summed E-state index contributed by atoms with van der Waals surface area (Å²) in [7, 11) is -3.35. The van der Waals surface area contributed by atoms with Gasteiger partial charge in [0.2, 0.25) is 15.9 Å². The lowest BCUT2D eigenvalue weighted by atomic mass is 9.74. The molecular formula is C17H27N3O3S. The molecule has 0 heterocycles. The van der Waals surface area contributed by atoms with E-state index in [1.54, 1.807) is 24.3 Å². The van der Waals surface area contributed by atoms with E-state index < -0.39 is 15.6 Å². The van der Waals surface area contributed by atoms with Gasteiger partial charge in [0.25, 0.3) is 0 Å². The van der Waals surface area contributed by atoms with E-state index in [0.29, 0.717) is 17.8 Å². The highest BCUT2D eigenvalue weighted by Gasteiger charge is 2.37. The molecule has 1 aliphatic carbocycles. The van der Waals surface area contributed by atoms with Gasteiger partial charge in [-0.05, 0) is 44.4 Å². The highest BCUT2D eigenvalue weighted by atomic mass is 32.2. The molecule has 7 heteroatoms. The number of nitrogens with two attached hydrogens (primary N) is 1. The summed E-state index contributed by atoms with van der Waals surface area (Å²) in [4.78, 5) is 12.6. The predicted molar refractivity (Wildman–Crippen MR) is 97.3 cm³/mol. The van der Waals surface area contributed by atoms with Crippen molar-refractivity contribution in [2.75, 3.05) is 15.8 Å². The Labute approximate surface area is 144 Å². The number of sulfonamides is 1. The molecule has 2 atom stereocenters. The molecule has 1 aromatic rings. The van der Waals surface area contributed by atoms with Crippen molar-refractivity contribution in [3.63, 3.8) is 0 Å². The Morgan fingerprint density at radius 2 is 2.04 bits per heavy atom. The monoisotopic (exact) mass is 353 g/mol. The van der Waals surface area contributed by atoms with E-state index in [-0.39, 0.29) is 17.6 Å². The number of carbonyl (C=O) groups is 1. The molecule has 2 rings (SSSR count). The minimum Gasteiger partial charge on any atom is -0.326 e. The van der Waals surface area contributed by atoms with Crippen molar-refractivity contribution in [2.45, 2.75) is 51.5 Å². The first kappa shape index (κ1) is 18.7. The van der Waals surface area contributed by atoms with Crippen LogP contribution in [-0.4, -0.2) is 25.6 Å². The van der Waals surface area contributed by atoms with Crippen LogP contribution in [0.3, 0.4) is 0 Å². The number of rotatable bonds is 6. The van der Waals surface area contributed by atoms with Crippen LogP contribution in [0.25, 0.3) is 0 Å². The van der Waals surface area contributed by atoms with Crippen molar-refractivity contribution >= 4 is 27.3 Å². The lowest BCUT2D eigenvalue weighted by molar-refractivity contribution is -0.122. The van der Waals surface area contributed by atoms with Crippen LogP contribution in [-0.2, 0) is 14.8 Å². The zero-order valence-corrected chi connectivity index (χ0v) is 15.2. The summed E-state index contributed by atoms with van der Waals surface area (Å²) in [6.45, 7) is 3.73. The zero-order chi connectivity index (χ0) is 17.8. The van der Waals surface area contributed by atoms with Gasteiger partial charge in [-0.25, -0.2) is 8.42 Å². The number of benzene rings is 1. The summed E-state index contributed by atoms with van der Waals surface area (Å²) >= 11 is 0. The maximum absolute atomic E-state index is 12.6. The van der Waals surface area contributed by atoms with Crippen LogP contribution in [0.5, 0.6) is 0 Å². The molecule has 134 valence electrons. The van der Waals surface area contributed by atoms with Crippen LogP contribution >= 0.6 is 0 Å². The Morgan fingerprint density at radius 3 is 2.71 bits per heavy atom. The third-order valence-corrected chi connectivity index (χ3v) is 5.94. The van der Waals surface area contributed by atoms with Crippen LogP contribution < -0.4 is 15.8 Å². The maximum atomic E-state index is 12.6. The summed E-state index contributed by atoms with van der Waals surface area (Å²) in [5.74, 6) is -0.267. The fourth-order valence-electron chi connectivity index (χ4n) is 3.18. The van der Waals surface area contributed by atoms with Crippen molar-refractivity contribution in [1.82, 2.24) is 0 Å². The fraction of sp³-hybridized carbons (Fsp3) is 0.588. The second kappa shape index (κ2) is 7.53. The van der Waals surface area contributed by atoms with Crippen LogP contribution in [0.15, 0.2) is 24.3 Å². The smallest absolute Gasteiger partial charge is 0.232 e. The van der Waals surface area contributed by atoms with Gasteiger partial charge in [0.05, 0.1) is 17.4 Å². The van der Waals surface area contributed by atoms with Gasteiger partial charge in [-0.3, -0.25) is 9.52 Å². The van der Waals surface area contributed by atoms with Gasteiger partial charge in [-0.2, -0.15) is 0 Å². The normalized spacial score (nSPS) is 24.4.